The number of carbonyl (C=O) groups excluding carboxylic acids is 1. The van der Waals surface area contributed by atoms with Gasteiger partial charge in [-0.1, -0.05) is 23.7 Å². The molecule has 5 nitrogen and oxygen atoms in total. The van der Waals surface area contributed by atoms with E-state index in [1.54, 1.807) is 12.1 Å². The fourth-order valence-electron chi connectivity index (χ4n) is 6.49. The summed E-state index contributed by atoms with van der Waals surface area (Å²) in [6, 6.07) is 9.69. The van der Waals surface area contributed by atoms with Gasteiger partial charge in [0.15, 0.2) is 5.60 Å². The lowest BCUT2D eigenvalue weighted by Crippen LogP contribution is -2.49. The zero-order chi connectivity index (χ0) is 25.6. The van der Waals surface area contributed by atoms with Gasteiger partial charge in [0.2, 0.25) is 0 Å². The van der Waals surface area contributed by atoms with E-state index in [-0.39, 0.29) is 57.5 Å². The van der Waals surface area contributed by atoms with E-state index >= 15 is 8.78 Å². The number of hydrogen-bond donors (Lipinski definition) is 3. The normalized spacial score (nSPS) is 27.3. The van der Waals surface area contributed by atoms with E-state index in [9.17, 15) is 14.3 Å². The lowest BCUT2D eigenvalue weighted by molar-refractivity contribution is 0.0539. The number of amides is 1. The molecule has 4 bridgehead atoms. The number of carbonyl (C=O) groups is 1. The first-order valence-electron chi connectivity index (χ1n) is 12.3. The van der Waals surface area contributed by atoms with Crippen LogP contribution in [-0.4, -0.2) is 29.8 Å². The Morgan fingerprint density at radius 1 is 1.16 bits per heavy atom. The molecule has 0 saturated carbocycles. The third kappa shape index (κ3) is 3.15. The number of hydrogen-bond acceptors (Lipinski definition) is 4. The molecule has 4 aliphatic rings. The van der Waals surface area contributed by atoms with Crippen molar-refractivity contribution in [2.75, 3.05) is 11.9 Å². The summed E-state index contributed by atoms with van der Waals surface area (Å²) in [5.41, 5.74) is 0.350. The number of rotatable bonds is 1. The van der Waals surface area contributed by atoms with Crippen LogP contribution in [0.1, 0.15) is 51.6 Å². The number of ether oxygens (including phenoxy) is 1. The van der Waals surface area contributed by atoms with Crippen LogP contribution in [-0.2, 0) is 18.4 Å². The number of anilines is 1. The monoisotopic (exact) mass is 526 g/mol. The highest BCUT2D eigenvalue weighted by molar-refractivity contribution is 6.34. The van der Waals surface area contributed by atoms with E-state index < -0.39 is 35.4 Å². The molecule has 0 spiro atoms. The molecule has 7 rings (SSSR count). The van der Waals surface area contributed by atoms with Crippen LogP contribution in [0.15, 0.2) is 36.4 Å². The smallest absolute Gasteiger partial charge is 0.256 e. The summed E-state index contributed by atoms with van der Waals surface area (Å²) in [6.07, 6.45) is -1.68. The van der Waals surface area contributed by atoms with Crippen LogP contribution in [0.5, 0.6) is 5.75 Å². The van der Waals surface area contributed by atoms with Crippen LogP contribution in [0, 0.1) is 11.6 Å². The predicted molar refractivity (Wildman–Crippen MR) is 132 cm³/mol. The molecule has 1 fully saturated rings. The summed E-state index contributed by atoms with van der Waals surface area (Å²) in [6.45, 7) is 0.788. The van der Waals surface area contributed by atoms with Crippen molar-refractivity contribution in [3.05, 3.63) is 80.9 Å². The molecular weight excluding hydrogens is 505 g/mol. The van der Waals surface area contributed by atoms with Crippen LogP contribution in [0.3, 0.4) is 0 Å². The van der Waals surface area contributed by atoms with E-state index in [0.717, 1.165) is 24.9 Å². The number of benzene rings is 3. The minimum atomic E-state index is -1.72. The summed E-state index contributed by atoms with van der Waals surface area (Å²) in [7, 11) is 0. The number of aliphatic hydroxyl groups is 1. The minimum Gasteiger partial charge on any atom is -0.480 e. The molecule has 0 radical (unpaired) electrons. The Labute approximate surface area is 215 Å². The van der Waals surface area contributed by atoms with Gasteiger partial charge in [-0.05, 0) is 48.7 Å². The molecule has 3 aromatic rings. The molecule has 1 aliphatic carbocycles. The van der Waals surface area contributed by atoms with Gasteiger partial charge in [-0.15, -0.1) is 0 Å². The van der Waals surface area contributed by atoms with Crippen molar-refractivity contribution < 1.29 is 27.8 Å². The zero-order valence-electron chi connectivity index (χ0n) is 19.5. The van der Waals surface area contributed by atoms with Crippen LogP contribution < -0.4 is 15.4 Å². The van der Waals surface area contributed by atoms with Gasteiger partial charge in [-0.2, -0.15) is 0 Å². The molecule has 1 amide bonds. The van der Waals surface area contributed by atoms with E-state index in [1.165, 1.54) is 12.1 Å². The summed E-state index contributed by atoms with van der Waals surface area (Å²) >= 11 is 6.52. The van der Waals surface area contributed by atoms with Crippen molar-refractivity contribution in [3.63, 3.8) is 0 Å². The molecule has 4 atom stereocenters. The topological polar surface area (TPSA) is 70.6 Å². The van der Waals surface area contributed by atoms with Gasteiger partial charge in [0.25, 0.3) is 5.91 Å². The first-order valence-corrected chi connectivity index (χ1v) is 12.7. The van der Waals surface area contributed by atoms with Gasteiger partial charge in [0, 0.05) is 46.8 Å². The van der Waals surface area contributed by atoms with Crippen molar-refractivity contribution in [2.24, 2.45) is 0 Å². The fourth-order valence-corrected chi connectivity index (χ4v) is 6.76. The summed E-state index contributed by atoms with van der Waals surface area (Å²) < 4.78 is 52.6. The first-order chi connectivity index (χ1) is 17.8. The quantitative estimate of drug-likeness (QED) is 0.399. The third-order valence-electron chi connectivity index (χ3n) is 8.19. The number of aliphatic hydroxyl groups excluding tert-OH is 1. The maximum atomic E-state index is 16.3. The highest BCUT2D eigenvalue weighted by Crippen LogP contribution is 2.53. The Balaban J connectivity index is 1.58. The zero-order valence-corrected chi connectivity index (χ0v) is 20.3. The highest BCUT2D eigenvalue weighted by atomic mass is 35.5. The molecule has 190 valence electrons. The van der Waals surface area contributed by atoms with E-state index in [2.05, 4.69) is 10.6 Å². The molecule has 9 heteroatoms. The van der Waals surface area contributed by atoms with Crippen LogP contribution in [0.2, 0.25) is 5.02 Å². The highest BCUT2D eigenvalue weighted by Gasteiger charge is 2.51. The fraction of sp³-hybridized carbons (Fsp3) is 0.321. The minimum absolute atomic E-state index is 0.00787. The Hall–Kier alpha value is -3.07. The summed E-state index contributed by atoms with van der Waals surface area (Å²) in [4.78, 5) is 13.6. The standard InChI is InChI=1S/C28H22ClF3N2O3/c29-24-17(30)10-19-16-11-28(37-19,20-5-2-6-33-20)13-3-1-4-14(9-13)34-27(36)15-7-12-8-18(31)26(35)21(12)25(32)23(15)22(16)24/h1,3-4,7,9-10,18,20,26,33,35H,2,5-6,8,11H2,(H,34,36)/t18-,20+,26-,28+/m1/s1. The number of nitrogens with one attached hydrogen (secondary N) is 2. The molecule has 37 heavy (non-hydrogen) atoms. The Morgan fingerprint density at radius 2 is 2.00 bits per heavy atom. The predicted octanol–water partition coefficient (Wildman–Crippen LogP) is 5.36. The van der Waals surface area contributed by atoms with Crippen LogP contribution in [0.4, 0.5) is 18.9 Å². The van der Waals surface area contributed by atoms with Gasteiger partial charge < -0.3 is 20.5 Å². The van der Waals surface area contributed by atoms with Gasteiger partial charge >= 0.3 is 0 Å². The Morgan fingerprint density at radius 3 is 2.78 bits per heavy atom. The van der Waals surface area contributed by atoms with E-state index in [1.807, 2.05) is 12.1 Å². The number of halogens is 4. The van der Waals surface area contributed by atoms with Crippen molar-refractivity contribution >= 4 is 23.2 Å². The Bertz CT molecular complexity index is 1510. The second-order valence-corrected chi connectivity index (χ2v) is 10.6. The van der Waals surface area contributed by atoms with E-state index in [0.29, 0.717) is 11.3 Å². The second-order valence-electron chi connectivity index (χ2n) is 10.2. The maximum Gasteiger partial charge on any atom is 0.256 e. The summed E-state index contributed by atoms with van der Waals surface area (Å²) in [5, 5.41) is 16.4. The van der Waals surface area contributed by atoms with Crippen LogP contribution in [0.25, 0.3) is 11.1 Å². The molecule has 3 aromatic carbocycles. The molecular formula is C28H22ClF3N2O3. The molecule has 1 saturated heterocycles. The van der Waals surface area contributed by atoms with Crippen molar-refractivity contribution in [1.29, 1.82) is 0 Å². The van der Waals surface area contributed by atoms with Gasteiger partial charge in [0.1, 0.15) is 29.7 Å². The SMILES string of the molecule is O=C1Nc2cccc(c2)[C@]2([C@@H]3CCCN3)Cc3c(cc(F)c(Cl)c3-c3c1cc1c(c3F)[C@H](O)[C@H](F)C1)O2. The lowest BCUT2D eigenvalue weighted by Gasteiger charge is -2.35. The first kappa shape index (κ1) is 23.1. The van der Waals surface area contributed by atoms with Gasteiger partial charge in [-0.3, -0.25) is 4.79 Å². The van der Waals surface area contributed by atoms with E-state index in [4.69, 9.17) is 16.3 Å². The van der Waals surface area contributed by atoms with Crippen molar-refractivity contribution in [1.82, 2.24) is 5.32 Å². The van der Waals surface area contributed by atoms with Crippen LogP contribution >= 0.6 is 11.6 Å². The van der Waals surface area contributed by atoms with Gasteiger partial charge in [-0.25, -0.2) is 13.2 Å². The van der Waals surface area contributed by atoms with Gasteiger partial charge in [0.05, 0.1) is 16.6 Å². The molecule has 0 aromatic heterocycles. The molecule has 0 unspecified atom stereocenters. The number of fused-ring (bicyclic) bond motifs is 7. The average molecular weight is 527 g/mol. The maximum absolute atomic E-state index is 16.3. The van der Waals surface area contributed by atoms with Crippen molar-refractivity contribution in [2.45, 2.75) is 49.6 Å². The molecule has 3 heterocycles. The second kappa shape index (κ2) is 7.96. The average Bonchev–Trinajstić information content (AvgIpc) is 3.59. The van der Waals surface area contributed by atoms with Crippen molar-refractivity contribution in [3.8, 4) is 16.9 Å². The molecule has 3 N–H and O–H groups in total. The number of alkyl halides is 1. The largest absolute Gasteiger partial charge is 0.480 e. The lowest BCUT2D eigenvalue weighted by atomic mass is 9.80. The summed E-state index contributed by atoms with van der Waals surface area (Å²) in [5.74, 6) is -2.24. The molecule has 3 aliphatic heterocycles. The Kier molecular flexibility index (Phi) is 4.97. The third-order valence-corrected chi connectivity index (χ3v) is 8.56.